The van der Waals surface area contributed by atoms with Crippen LogP contribution in [0.2, 0.25) is 10.0 Å². The molecule has 1 unspecified atom stereocenters. The zero-order valence-electron chi connectivity index (χ0n) is 12.3. The van der Waals surface area contributed by atoms with Crippen LogP contribution < -0.4 is 11.1 Å². The van der Waals surface area contributed by atoms with Gasteiger partial charge in [-0.2, -0.15) is 5.10 Å². The summed E-state index contributed by atoms with van der Waals surface area (Å²) in [7, 11) is 1.86. The Morgan fingerprint density at radius 3 is 2.77 bits per heavy atom. The molecule has 5 nitrogen and oxygen atoms in total. The molecule has 0 aliphatic rings. The monoisotopic (exact) mass is 453 g/mol. The third kappa shape index (κ3) is 5.33. The summed E-state index contributed by atoms with van der Waals surface area (Å²) in [4.78, 5) is 4.28. The predicted octanol–water partition coefficient (Wildman–Crippen LogP) is 3.51. The topological polar surface area (TPSA) is 68.2 Å². The highest BCUT2D eigenvalue weighted by atomic mass is 127. The summed E-state index contributed by atoms with van der Waals surface area (Å²) >= 11 is 12.1. The molecule has 1 atom stereocenters. The normalized spacial score (nSPS) is 12.6. The lowest BCUT2D eigenvalue weighted by atomic mass is 10.1. The molecular weight excluding hydrogens is 436 g/mol. The number of aliphatic imine (C=N–C) groups is 1. The van der Waals surface area contributed by atoms with Gasteiger partial charge in [0, 0.05) is 28.9 Å². The molecule has 1 aromatic heterocycles. The van der Waals surface area contributed by atoms with Crippen LogP contribution >= 0.6 is 47.2 Å². The van der Waals surface area contributed by atoms with Crippen molar-refractivity contribution in [1.82, 2.24) is 15.1 Å². The Balaban J connectivity index is 0.00000242. The molecule has 2 rings (SSSR count). The molecule has 1 heterocycles. The van der Waals surface area contributed by atoms with Crippen molar-refractivity contribution in [2.24, 2.45) is 17.8 Å². The van der Waals surface area contributed by atoms with E-state index in [4.69, 9.17) is 28.9 Å². The Kier molecular flexibility index (Phi) is 7.44. The third-order valence-electron chi connectivity index (χ3n) is 2.98. The standard InChI is InChI=1S/C14H17Cl2N5.HI/c1-9(12-4-3-11(15)5-13(12)16)20-14(17)18-6-10-7-19-21(2)8-10;/h3-5,7-9H,6H2,1-2H3,(H3,17,18,20);1H. The third-order valence-corrected chi connectivity index (χ3v) is 3.55. The van der Waals surface area contributed by atoms with Crippen molar-refractivity contribution >= 4 is 53.1 Å². The largest absolute Gasteiger partial charge is 0.370 e. The Labute approximate surface area is 156 Å². The van der Waals surface area contributed by atoms with Crippen molar-refractivity contribution in [2.75, 3.05) is 0 Å². The van der Waals surface area contributed by atoms with Gasteiger partial charge in [-0.05, 0) is 24.6 Å². The highest BCUT2D eigenvalue weighted by Crippen LogP contribution is 2.25. The van der Waals surface area contributed by atoms with Gasteiger partial charge in [0.25, 0.3) is 0 Å². The van der Waals surface area contributed by atoms with E-state index in [9.17, 15) is 0 Å². The number of aromatic nitrogens is 2. The van der Waals surface area contributed by atoms with E-state index in [1.165, 1.54) is 0 Å². The van der Waals surface area contributed by atoms with E-state index in [0.717, 1.165) is 11.1 Å². The van der Waals surface area contributed by atoms with Crippen LogP contribution in [0.3, 0.4) is 0 Å². The quantitative estimate of drug-likeness (QED) is 0.422. The molecule has 0 saturated heterocycles. The van der Waals surface area contributed by atoms with Crippen molar-refractivity contribution in [1.29, 1.82) is 0 Å². The van der Waals surface area contributed by atoms with Gasteiger partial charge in [-0.15, -0.1) is 24.0 Å². The summed E-state index contributed by atoms with van der Waals surface area (Å²) in [6.45, 7) is 2.44. The number of guanidine groups is 1. The summed E-state index contributed by atoms with van der Waals surface area (Å²) in [5.74, 6) is 0.359. The lowest BCUT2D eigenvalue weighted by molar-refractivity contribution is 0.708. The van der Waals surface area contributed by atoms with Crippen molar-refractivity contribution in [2.45, 2.75) is 19.5 Å². The first-order valence-corrected chi connectivity index (χ1v) is 7.20. The second kappa shape index (κ2) is 8.59. The van der Waals surface area contributed by atoms with E-state index in [1.54, 1.807) is 23.0 Å². The Bertz CT molecular complexity index is 656. The summed E-state index contributed by atoms with van der Waals surface area (Å²) in [5, 5.41) is 8.39. The van der Waals surface area contributed by atoms with Crippen molar-refractivity contribution in [3.63, 3.8) is 0 Å². The molecule has 0 spiro atoms. The molecule has 22 heavy (non-hydrogen) atoms. The van der Waals surface area contributed by atoms with E-state index >= 15 is 0 Å². The Morgan fingerprint density at radius 2 is 2.18 bits per heavy atom. The minimum Gasteiger partial charge on any atom is -0.370 e. The number of rotatable bonds is 4. The number of nitrogens with zero attached hydrogens (tertiary/aromatic N) is 3. The number of hydrogen-bond acceptors (Lipinski definition) is 2. The van der Waals surface area contributed by atoms with Gasteiger partial charge >= 0.3 is 0 Å². The summed E-state index contributed by atoms with van der Waals surface area (Å²) < 4.78 is 1.73. The van der Waals surface area contributed by atoms with Crippen LogP contribution in [-0.2, 0) is 13.6 Å². The molecule has 1 aromatic carbocycles. The first-order chi connectivity index (χ1) is 9.95. The highest BCUT2D eigenvalue weighted by molar-refractivity contribution is 14.0. The van der Waals surface area contributed by atoms with Gasteiger partial charge in [-0.3, -0.25) is 4.68 Å². The zero-order chi connectivity index (χ0) is 15.4. The smallest absolute Gasteiger partial charge is 0.189 e. The molecule has 0 amide bonds. The van der Waals surface area contributed by atoms with Crippen LogP contribution in [0.25, 0.3) is 0 Å². The van der Waals surface area contributed by atoms with E-state index in [1.807, 2.05) is 26.2 Å². The van der Waals surface area contributed by atoms with Crippen LogP contribution in [0.5, 0.6) is 0 Å². The van der Waals surface area contributed by atoms with Crippen LogP contribution in [0.1, 0.15) is 24.1 Å². The minimum absolute atomic E-state index is 0. The van der Waals surface area contributed by atoms with E-state index in [2.05, 4.69) is 15.4 Å². The maximum atomic E-state index is 6.17. The Hall–Kier alpha value is -0.990. The van der Waals surface area contributed by atoms with Gasteiger partial charge in [-0.25, -0.2) is 4.99 Å². The van der Waals surface area contributed by atoms with Crippen LogP contribution in [0.4, 0.5) is 0 Å². The fourth-order valence-electron chi connectivity index (χ4n) is 1.93. The molecule has 2 aromatic rings. The molecule has 0 aliphatic carbocycles. The molecule has 120 valence electrons. The maximum absolute atomic E-state index is 6.17. The number of aryl methyl sites for hydroxylation is 1. The number of benzene rings is 1. The van der Waals surface area contributed by atoms with Gasteiger partial charge in [0.15, 0.2) is 5.96 Å². The molecule has 0 saturated carbocycles. The SMILES string of the molecule is CC(NC(N)=NCc1cnn(C)c1)c1ccc(Cl)cc1Cl.I. The highest BCUT2D eigenvalue weighted by Gasteiger charge is 2.10. The van der Waals surface area contributed by atoms with E-state index in [0.29, 0.717) is 22.5 Å². The number of nitrogens with two attached hydrogens (primary N) is 1. The predicted molar refractivity (Wildman–Crippen MR) is 102 cm³/mol. The molecule has 0 aliphatic heterocycles. The lowest BCUT2D eigenvalue weighted by Gasteiger charge is -2.16. The number of hydrogen-bond donors (Lipinski definition) is 2. The average molecular weight is 454 g/mol. The molecule has 3 N–H and O–H groups in total. The summed E-state index contributed by atoms with van der Waals surface area (Å²) in [6.07, 6.45) is 3.66. The van der Waals surface area contributed by atoms with Gasteiger partial charge in [0.05, 0.1) is 18.8 Å². The number of nitrogens with one attached hydrogen (secondary N) is 1. The Morgan fingerprint density at radius 1 is 1.45 bits per heavy atom. The molecule has 0 radical (unpaired) electrons. The molecule has 0 fully saturated rings. The van der Waals surface area contributed by atoms with Crippen LogP contribution in [0, 0.1) is 0 Å². The second-order valence-corrected chi connectivity index (χ2v) is 5.60. The molecular formula is C14H18Cl2IN5. The number of halogens is 3. The second-order valence-electron chi connectivity index (χ2n) is 4.76. The van der Waals surface area contributed by atoms with Gasteiger partial charge in [-0.1, -0.05) is 29.3 Å². The van der Waals surface area contributed by atoms with Gasteiger partial charge < -0.3 is 11.1 Å². The van der Waals surface area contributed by atoms with E-state index in [-0.39, 0.29) is 30.0 Å². The maximum Gasteiger partial charge on any atom is 0.189 e. The van der Waals surface area contributed by atoms with Crippen molar-refractivity contribution in [3.8, 4) is 0 Å². The first kappa shape index (κ1) is 19.1. The minimum atomic E-state index is -0.0626. The lowest BCUT2D eigenvalue weighted by Crippen LogP contribution is -2.33. The van der Waals surface area contributed by atoms with Crippen molar-refractivity contribution in [3.05, 3.63) is 51.8 Å². The zero-order valence-corrected chi connectivity index (χ0v) is 16.1. The van der Waals surface area contributed by atoms with Gasteiger partial charge in [0.2, 0.25) is 0 Å². The van der Waals surface area contributed by atoms with Crippen LogP contribution in [0.15, 0.2) is 35.6 Å². The van der Waals surface area contributed by atoms with E-state index < -0.39 is 0 Å². The molecule has 0 bridgehead atoms. The first-order valence-electron chi connectivity index (χ1n) is 6.44. The average Bonchev–Trinajstić information content (AvgIpc) is 2.82. The summed E-state index contributed by atoms with van der Waals surface area (Å²) in [5.41, 5.74) is 7.81. The van der Waals surface area contributed by atoms with Crippen molar-refractivity contribution < 1.29 is 0 Å². The fraction of sp³-hybridized carbons (Fsp3) is 0.286. The van der Waals surface area contributed by atoms with Crippen LogP contribution in [-0.4, -0.2) is 15.7 Å². The summed E-state index contributed by atoms with van der Waals surface area (Å²) in [6, 6.07) is 5.31. The van der Waals surface area contributed by atoms with Gasteiger partial charge in [0.1, 0.15) is 0 Å². The molecule has 8 heteroatoms. The fourth-order valence-corrected chi connectivity index (χ4v) is 2.50.